The van der Waals surface area contributed by atoms with E-state index in [-0.39, 0.29) is 11.6 Å². The van der Waals surface area contributed by atoms with Gasteiger partial charge in [-0.3, -0.25) is 0 Å². The number of benzene rings is 1. The molecular formula is C14H11ClN4O2. The van der Waals surface area contributed by atoms with Crippen molar-refractivity contribution in [3.05, 3.63) is 69.4 Å². The van der Waals surface area contributed by atoms with E-state index in [0.29, 0.717) is 17.2 Å². The van der Waals surface area contributed by atoms with Gasteiger partial charge in [-0.15, -0.1) is 0 Å². The zero-order valence-electron chi connectivity index (χ0n) is 10.9. The largest absolute Gasteiger partial charge is 0.372 e. The van der Waals surface area contributed by atoms with Crippen LogP contribution >= 0.6 is 11.6 Å². The second-order valence-electron chi connectivity index (χ2n) is 4.45. The van der Waals surface area contributed by atoms with Crippen LogP contribution in [0.3, 0.4) is 0 Å². The van der Waals surface area contributed by atoms with E-state index in [4.69, 9.17) is 11.6 Å². The fourth-order valence-corrected chi connectivity index (χ4v) is 2.32. The minimum Gasteiger partial charge on any atom is -0.359 e. The van der Waals surface area contributed by atoms with Gasteiger partial charge in [0.2, 0.25) is 11.5 Å². The van der Waals surface area contributed by atoms with Gasteiger partial charge < -0.3 is 15.4 Å². The van der Waals surface area contributed by atoms with Crippen molar-refractivity contribution in [2.45, 2.75) is 6.54 Å². The first-order valence-corrected chi connectivity index (χ1v) is 6.63. The molecule has 0 saturated heterocycles. The monoisotopic (exact) mass is 302 g/mol. The molecule has 0 aliphatic rings. The molecule has 0 unspecified atom stereocenters. The highest BCUT2D eigenvalue weighted by Crippen LogP contribution is 2.25. The van der Waals surface area contributed by atoms with Gasteiger partial charge in [-0.25, -0.2) is 0 Å². The summed E-state index contributed by atoms with van der Waals surface area (Å²) in [7, 11) is 0. The first kappa shape index (κ1) is 13.4. The maximum absolute atomic E-state index is 11.2. The van der Waals surface area contributed by atoms with Gasteiger partial charge >= 0.3 is 5.82 Å². The lowest BCUT2D eigenvalue weighted by Crippen LogP contribution is -2.03. The van der Waals surface area contributed by atoms with Crippen molar-refractivity contribution in [2.75, 3.05) is 5.32 Å². The summed E-state index contributed by atoms with van der Waals surface area (Å²) in [5.41, 5.74) is 1.45. The van der Waals surface area contributed by atoms with Crippen LogP contribution in [-0.2, 0) is 6.54 Å². The first-order valence-electron chi connectivity index (χ1n) is 6.25. The van der Waals surface area contributed by atoms with Gasteiger partial charge in [0.05, 0.1) is 6.20 Å². The van der Waals surface area contributed by atoms with Gasteiger partial charge in [0.15, 0.2) is 0 Å². The van der Waals surface area contributed by atoms with E-state index in [2.05, 4.69) is 10.3 Å². The van der Waals surface area contributed by atoms with Gasteiger partial charge in [-0.2, -0.15) is 9.38 Å². The van der Waals surface area contributed by atoms with Crippen molar-refractivity contribution in [1.29, 1.82) is 0 Å². The molecule has 0 bridgehead atoms. The lowest BCUT2D eigenvalue weighted by molar-refractivity contribution is -0.389. The van der Waals surface area contributed by atoms with Gasteiger partial charge in [0, 0.05) is 17.6 Å². The molecule has 0 saturated carbocycles. The first-order chi connectivity index (χ1) is 10.1. The van der Waals surface area contributed by atoms with E-state index < -0.39 is 4.92 Å². The fourth-order valence-electron chi connectivity index (χ4n) is 2.11. The molecule has 6 nitrogen and oxygen atoms in total. The average Bonchev–Trinajstić information content (AvgIpc) is 2.83. The van der Waals surface area contributed by atoms with Crippen LogP contribution in [0.15, 0.2) is 48.7 Å². The molecule has 2 heterocycles. The number of nitro groups is 1. The van der Waals surface area contributed by atoms with Crippen LogP contribution in [0.4, 0.5) is 11.6 Å². The Hall–Kier alpha value is -2.60. The van der Waals surface area contributed by atoms with Crippen LogP contribution in [0.25, 0.3) is 5.65 Å². The Labute approximate surface area is 125 Å². The number of fused-ring (bicyclic) bond motifs is 1. The lowest BCUT2D eigenvalue weighted by atomic mass is 10.2. The molecule has 3 rings (SSSR count). The molecule has 1 N–H and O–H groups in total. The standard InChI is InChI=1S/C14H11ClN4O2/c15-11-5-3-4-10(8-11)9-16-13-14(19(20)21)18-7-2-1-6-12(18)17-13/h1-8,16H,9H2. The average molecular weight is 303 g/mol. The van der Waals surface area contributed by atoms with E-state index in [1.54, 1.807) is 36.5 Å². The summed E-state index contributed by atoms with van der Waals surface area (Å²) in [6.45, 7) is 0.408. The Morgan fingerprint density at radius 3 is 2.90 bits per heavy atom. The summed E-state index contributed by atoms with van der Waals surface area (Å²) in [5, 5.41) is 14.9. The third-order valence-corrected chi connectivity index (χ3v) is 3.26. The van der Waals surface area contributed by atoms with E-state index >= 15 is 0 Å². The van der Waals surface area contributed by atoms with Crippen LogP contribution < -0.4 is 5.32 Å². The number of aromatic nitrogens is 2. The third-order valence-electron chi connectivity index (χ3n) is 3.03. The Morgan fingerprint density at radius 2 is 2.14 bits per heavy atom. The molecule has 0 aliphatic heterocycles. The van der Waals surface area contributed by atoms with Crippen molar-refractivity contribution in [3.8, 4) is 0 Å². The van der Waals surface area contributed by atoms with Crippen molar-refractivity contribution < 1.29 is 4.92 Å². The highest BCUT2D eigenvalue weighted by molar-refractivity contribution is 6.30. The molecular weight excluding hydrogens is 292 g/mol. The molecule has 21 heavy (non-hydrogen) atoms. The Bertz CT molecular complexity index is 816. The molecule has 0 fully saturated rings. The summed E-state index contributed by atoms with van der Waals surface area (Å²) in [6, 6.07) is 12.5. The molecule has 0 amide bonds. The lowest BCUT2D eigenvalue weighted by Gasteiger charge is -2.04. The molecule has 0 radical (unpaired) electrons. The zero-order valence-corrected chi connectivity index (χ0v) is 11.6. The van der Waals surface area contributed by atoms with Crippen LogP contribution in [0.2, 0.25) is 5.02 Å². The molecule has 3 aromatic rings. The van der Waals surface area contributed by atoms with Gasteiger partial charge in [-0.1, -0.05) is 29.8 Å². The summed E-state index contributed by atoms with van der Waals surface area (Å²) < 4.78 is 1.44. The minimum absolute atomic E-state index is 0.0763. The van der Waals surface area contributed by atoms with E-state index in [0.717, 1.165) is 5.56 Å². The number of rotatable bonds is 4. The Balaban J connectivity index is 1.93. The minimum atomic E-state index is -0.444. The molecule has 2 aromatic heterocycles. The Morgan fingerprint density at radius 1 is 1.29 bits per heavy atom. The van der Waals surface area contributed by atoms with Crippen LogP contribution in [0.1, 0.15) is 5.56 Å². The normalized spacial score (nSPS) is 10.7. The molecule has 7 heteroatoms. The number of halogens is 1. The number of nitrogens with one attached hydrogen (secondary N) is 1. The van der Waals surface area contributed by atoms with Gasteiger partial charge in [0.25, 0.3) is 0 Å². The Kier molecular flexibility index (Phi) is 3.45. The van der Waals surface area contributed by atoms with Crippen molar-refractivity contribution in [3.63, 3.8) is 0 Å². The molecule has 0 atom stereocenters. The molecule has 1 aromatic carbocycles. The van der Waals surface area contributed by atoms with E-state index in [9.17, 15) is 10.1 Å². The third kappa shape index (κ3) is 2.66. The van der Waals surface area contributed by atoms with Crippen molar-refractivity contribution in [1.82, 2.24) is 9.38 Å². The van der Waals surface area contributed by atoms with Gasteiger partial charge in [0.1, 0.15) is 0 Å². The van der Waals surface area contributed by atoms with E-state index in [1.807, 2.05) is 12.1 Å². The number of hydrogen-bond donors (Lipinski definition) is 1. The highest BCUT2D eigenvalue weighted by Gasteiger charge is 2.21. The maximum atomic E-state index is 11.2. The zero-order chi connectivity index (χ0) is 14.8. The van der Waals surface area contributed by atoms with E-state index in [1.165, 1.54) is 4.40 Å². The highest BCUT2D eigenvalue weighted by atomic mass is 35.5. The summed E-state index contributed by atoms with van der Waals surface area (Å²) in [4.78, 5) is 15.1. The van der Waals surface area contributed by atoms with Crippen molar-refractivity contribution in [2.24, 2.45) is 0 Å². The number of nitrogens with zero attached hydrogens (tertiary/aromatic N) is 3. The quantitative estimate of drug-likeness (QED) is 0.591. The SMILES string of the molecule is O=[N+]([O-])c1c(NCc2cccc(Cl)c2)nc2ccccn12. The van der Waals surface area contributed by atoms with Gasteiger partial charge in [-0.05, 0) is 28.7 Å². The molecule has 0 spiro atoms. The van der Waals surface area contributed by atoms with Crippen LogP contribution in [0.5, 0.6) is 0 Å². The maximum Gasteiger partial charge on any atom is 0.372 e. The second kappa shape index (κ2) is 5.41. The number of pyridine rings is 1. The van der Waals surface area contributed by atoms with Crippen molar-refractivity contribution >= 4 is 28.9 Å². The predicted octanol–water partition coefficient (Wildman–Crippen LogP) is 3.51. The fraction of sp³-hybridized carbons (Fsp3) is 0.0714. The second-order valence-corrected chi connectivity index (χ2v) is 4.89. The topological polar surface area (TPSA) is 72.5 Å². The summed E-state index contributed by atoms with van der Waals surface area (Å²) in [6.07, 6.45) is 1.62. The number of imidazole rings is 1. The van der Waals surface area contributed by atoms with Crippen LogP contribution in [-0.4, -0.2) is 14.3 Å². The summed E-state index contributed by atoms with van der Waals surface area (Å²) >= 11 is 5.92. The van der Waals surface area contributed by atoms with Crippen LogP contribution in [0, 0.1) is 10.1 Å². The number of hydrogen-bond acceptors (Lipinski definition) is 4. The molecule has 106 valence electrons. The smallest absolute Gasteiger partial charge is 0.359 e. The molecule has 0 aliphatic carbocycles. The number of anilines is 1. The summed E-state index contributed by atoms with van der Waals surface area (Å²) in [5.74, 6) is 0.166. The predicted molar refractivity (Wildman–Crippen MR) is 80.6 cm³/mol.